The lowest BCUT2D eigenvalue weighted by Crippen LogP contribution is -1.96. The molecule has 5 nitrogen and oxygen atoms in total. The third-order valence-electron chi connectivity index (χ3n) is 2.51. The van der Waals surface area contributed by atoms with Crippen LogP contribution in [-0.4, -0.2) is 15.0 Å². The summed E-state index contributed by atoms with van der Waals surface area (Å²) in [6.07, 6.45) is 3.36. The summed E-state index contributed by atoms with van der Waals surface area (Å²) in [6, 6.07) is 8.90. The maximum absolute atomic E-state index is 5.87. The Labute approximate surface area is 108 Å². The van der Waals surface area contributed by atoms with Crippen molar-refractivity contribution >= 4 is 17.3 Å². The molecule has 6 heteroatoms. The minimum Gasteiger partial charge on any atom is -0.463 e. The number of nitrogens with two attached hydrogens (primary N) is 1. The first kappa shape index (κ1) is 10.9. The van der Waals surface area contributed by atoms with Crippen molar-refractivity contribution in [2.24, 2.45) is 0 Å². The van der Waals surface area contributed by atoms with Gasteiger partial charge in [-0.1, -0.05) is 16.8 Å². The lowest BCUT2D eigenvalue weighted by atomic mass is 10.3. The van der Waals surface area contributed by atoms with E-state index in [-0.39, 0.29) is 0 Å². The van der Waals surface area contributed by atoms with Crippen LogP contribution >= 0.6 is 11.6 Å². The highest BCUT2D eigenvalue weighted by Gasteiger charge is 2.08. The van der Waals surface area contributed by atoms with Crippen LogP contribution in [0.5, 0.6) is 0 Å². The van der Waals surface area contributed by atoms with Crippen molar-refractivity contribution in [3.63, 3.8) is 0 Å². The fourth-order valence-corrected chi connectivity index (χ4v) is 1.72. The van der Waals surface area contributed by atoms with Crippen LogP contribution in [-0.2, 0) is 0 Å². The van der Waals surface area contributed by atoms with Gasteiger partial charge >= 0.3 is 0 Å². The van der Waals surface area contributed by atoms with E-state index in [9.17, 15) is 0 Å². The van der Waals surface area contributed by atoms with Gasteiger partial charge in [-0.15, -0.1) is 5.10 Å². The number of nitrogens with zero attached hydrogens (tertiary/aromatic N) is 3. The molecule has 0 bridgehead atoms. The summed E-state index contributed by atoms with van der Waals surface area (Å²) in [5.41, 5.74) is 7.71. The molecular weight excluding hydrogens is 252 g/mol. The number of anilines is 1. The van der Waals surface area contributed by atoms with Crippen LogP contribution in [0, 0.1) is 0 Å². The van der Waals surface area contributed by atoms with Gasteiger partial charge < -0.3 is 10.2 Å². The zero-order chi connectivity index (χ0) is 12.5. The molecule has 0 amide bonds. The van der Waals surface area contributed by atoms with Crippen molar-refractivity contribution < 1.29 is 4.42 Å². The molecule has 2 heterocycles. The highest BCUT2D eigenvalue weighted by molar-refractivity contribution is 6.33. The summed E-state index contributed by atoms with van der Waals surface area (Å²) < 4.78 is 6.87. The molecule has 0 unspecified atom stereocenters. The number of nitrogen functional groups attached to an aromatic ring is 1. The Kier molecular flexibility index (Phi) is 2.53. The van der Waals surface area contributed by atoms with E-state index in [1.165, 1.54) is 0 Å². The lowest BCUT2D eigenvalue weighted by Gasteiger charge is -2.02. The van der Waals surface area contributed by atoms with Crippen molar-refractivity contribution in [3.05, 3.63) is 47.8 Å². The van der Waals surface area contributed by atoms with Crippen LogP contribution < -0.4 is 5.73 Å². The molecule has 2 N–H and O–H groups in total. The molecule has 18 heavy (non-hydrogen) atoms. The zero-order valence-corrected chi connectivity index (χ0v) is 10.0. The van der Waals surface area contributed by atoms with Gasteiger partial charge in [0.25, 0.3) is 0 Å². The summed E-state index contributed by atoms with van der Waals surface area (Å²) in [4.78, 5) is 0. The molecule has 0 aliphatic carbocycles. The molecule has 3 rings (SSSR count). The van der Waals surface area contributed by atoms with Crippen LogP contribution in [0.3, 0.4) is 0 Å². The fraction of sp³-hybridized carbons (Fsp3) is 0. The maximum atomic E-state index is 5.87. The van der Waals surface area contributed by atoms with Gasteiger partial charge in [-0.3, -0.25) is 0 Å². The van der Waals surface area contributed by atoms with Crippen molar-refractivity contribution in [1.82, 2.24) is 15.0 Å². The molecule has 0 aliphatic heterocycles. The molecule has 3 aromatic rings. The number of benzene rings is 1. The Morgan fingerprint density at radius 2 is 2.17 bits per heavy atom. The standard InChI is InChI=1S/C12H9ClN4O/c13-9-4-3-8(6-10(9)14)17-7-11(15-16-17)12-2-1-5-18-12/h1-7H,14H2. The Balaban J connectivity index is 2.00. The smallest absolute Gasteiger partial charge is 0.155 e. The summed E-state index contributed by atoms with van der Waals surface area (Å²) in [5, 5.41) is 8.57. The van der Waals surface area contributed by atoms with Gasteiger partial charge in [0, 0.05) is 0 Å². The number of hydrogen-bond donors (Lipinski definition) is 1. The van der Waals surface area contributed by atoms with Crippen LogP contribution in [0.25, 0.3) is 17.1 Å². The van der Waals surface area contributed by atoms with E-state index in [1.54, 1.807) is 35.3 Å². The van der Waals surface area contributed by atoms with Gasteiger partial charge in [0.2, 0.25) is 0 Å². The second-order valence-electron chi connectivity index (χ2n) is 3.73. The molecule has 90 valence electrons. The lowest BCUT2D eigenvalue weighted by molar-refractivity contribution is 0.580. The van der Waals surface area contributed by atoms with Crippen LogP contribution in [0.15, 0.2) is 47.2 Å². The van der Waals surface area contributed by atoms with E-state index in [0.29, 0.717) is 22.2 Å². The Morgan fingerprint density at radius 3 is 2.89 bits per heavy atom. The maximum Gasteiger partial charge on any atom is 0.155 e. The van der Waals surface area contributed by atoms with Gasteiger partial charge in [0.05, 0.1) is 28.9 Å². The van der Waals surface area contributed by atoms with Crippen LogP contribution in [0.2, 0.25) is 5.02 Å². The summed E-state index contributed by atoms with van der Waals surface area (Å²) in [5.74, 6) is 0.670. The molecule has 0 saturated carbocycles. The Morgan fingerprint density at radius 1 is 1.28 bits per heavy atom. The first-order valence-electron chi connectivity index (χ1n) is 5.25. The van der Waals surface area contributed by atoms with Gasteiger partial charge in [-0.25, -0.2) is 4.68 Å². The summed E-state index contributed by atoms with van der Waals surface area (Å²) in [7, 11) is 0. The molecule has 1 aromatic carbocycles. The molecule has 2 aromatic heterocycles. The van der Waals surface area contributed by atoms with E-state index in [0.717, 1.165) is 5.69 Å². The molecule has 0 radical (unpaired) electrons. The van der Waals surface area contributed by atoms with Gasteiger partial charge in [-0.2, -0.15) is 0 Å². The summed E-state index contributed by atoms with van der Waals surface area (Å²) in [6.45, 7) is 0. The van der Waals surface area contributed by atoms with E-state index < -0.39 is 0 Å². The first-order chi connectivity index (χ1) is 8.74. The third-order valence-corrected chi connectivity index (χ3v) is 2.86. The minimum absolute atomic E-state index is 0.504. The fourth-order valence-electron chi connectivity index (χ4n) is 1.60. The molecule has 0 atom stereocenters. The largest absolute Gasteiger partial charge is 0.463 e. The average molecular weight is 261 g/mol. The Hall–Kier alpha value is -2.27. The van der Waals surface area contributed by atoms with Crippen LogP contribution in [0.4, 0.5) is 5.69 Å². The van der Waals surface area contributed by atoms with Gasteiger partial charge in [0.15, 0.2) is 5.76 Å². The monoisotopic (exact) mass is 260 g/mol. The van der Waals surface area contributed by atoms with Crippen molar-refractivity contribution in [2.45, 2.75) is 0 Å². The molecule has 0 spiro atoms. The first-order valence-corrected chi connectivity index (χ1v) is 5.63. The molecular formula is C12H9ClN4O. The topological polar surface area (TPSA) is 69.9 Å². The third kappa shape index (κ3) is 1.84. The van der Waals surface area contributed by atoms with Crippen molar-refractivity contribution in [2.75, 3.05) is 5.73 Å². The van der Waals surface area contributed by atoms with Crippen LogP contribution in [0.1, 0.15) is 0 Å². The zero-order valence-electron chi connectivity index (χ0n) is 9.25. The predicted octanol–water partition coefficient (Wildman–Crippen LogP) is 2.76. The van der Waals surface area contributed by atoms with Crippen molar-refractivity contribution in [1.29, 1.82) is 0 Å². The van der Waals surface area contributed by atoms with Gasteiger partial charge in [-0.05, 0) is 30.3 Å². The molecule has 0 aliphatic rings. The normalized spacial score (nSPS) is 10.7. The quantitative estimate of drug-likeness (QED) is 0.719. The predicted molar refractivity (Wildman–Crippen MR) is 68.5 cm³/mol. The summed E-state index contributed by atoms with van der Waals surface area (Å²) >= 11 is 5.87. The number of halogens is 1. The highest BCUT2D eigenvalue weighted by atomic mass is 35.5. The average Bonchev–Trinajstić information content (AvgIpc) is 3.01. The van der Waals surface area contributed by atoms with E-state index in [2.05, 4.69) is 10.3 Å². The second-order valence-corrected chi connectivity index (χ2v) is 4.14. The van der Waals surface area contributed by atoms with Gasteiger partial charge in [0.1, 0.15) is 5.69 Å². The van der Waals surface area contributed by atoms with E-state index in [1.807, 2.05) is 12.1 Å². The molecule has 0 fully saturated rings. The number of rotatable bonds is 2. The SMILES string of the molecule is Nc1cc(-n2cc(-c3ccco3)nn2)ccc1Cl. The minimum atomic E-state index is 0.504. The van der Waals surface area contributed by atoms with Crippen molar-refractivity contribution in [3.8, 4) is 17.1 Å². The highest BCUT2D eigenvalue weighted by Crippen LogP contribution is 2.23. The Bertz CT molecular complexity index is 675. The number of hydrogen-bond acceptors (Lipinski definition) is 4. The van der Waals surface area contributed by atoms with E-state index in [4.69, 9.17) is 21.8 Å². The number of furan rings is 1. The number of aromatic nitrogens is 3. The molecule has 0 saturated heterocycles. The second kappa shape index (κ2) is 4.19. The van der Waals surface area contributed by atoms with E-state index >= 15 is 0 Å².